The fraction of sp³-hybridized carbons (Fsp3) is 0.545. The monoisotopic (exact) mass is 249 g/mol. The molecule has 0 amide bonds. The molecule has 1 aliphatic heterocycles. The van der Waals surface area contributed by atoms with Gasteiger partial charge in [-0.2, -0.15) is 5.10 Å². The Kier molecular flexibility index (Phi) is 2.75. The van der Waals surface area contributed by atoms with Gasteiger partial charge >= 0.3 is 5.69 Å². The average molecular weight is 249 g/mol. The number of H-pyrrole nitrogens is 1. The molecule has 7 nitrogen and oxygen atoms in total. The normalized spacial score (nSPS) is 20.5. The van der Waals surface area contributed by atoms with Gasteiger partial charge in [0.05, 0.1) is 12.6 Å². The van der Waals surface area contributed by atoms with Crippen molar-refractivity contribution in [1.82, 2.24) is 19.6 Å². The van der Waals surface area contributed by atoms with Crippen LogP contribution in [-0.4, -0.2) is 43.9 Å². The maximum absolute atomic E-state index is 11.3. The lowest BCUT2D eigenvalue weighted by atomic mass is 10.0. The Morgan fingerprint density at radius 3 is 3.22 bits per heavy atom. The van der Waals surface area contributed by atoms with E-state index in [0.29, 0.717) is 5.65 Å². The second-order valence-electron chi connectivity index (χ2n) is 4.53. The molecule has 1 aliphatic rings. The standard InChI is InChI=1S/C11H15N5O2/c17-6-8-3-1-2-4-15(8)9-5-10-13-14-11(18)16(10)7-12-9/h5,7-8,17H,1-4,6H2,(H,14,18). The minimum atomic E-state index is -0.290. The molecule has 2 aromatic heterocycles. The molecule has 0 aromatic carbocycles. The second kappa shape index (κ2) is 4.41. The van der Waals surface area contributed by atoms with Gasteiger partial charge in [-0.25, -0.2) is 19.3 Å². The first-order valence-electron chi connectivity index (χ1n) is 6.10. The number of aromatic nitrogens is 4. The Bertz CT molecular complexity index is 605. The zero-order valence-electron chi connectivity index (χ0n) is 9.91. The second-order valence-corrected chi connectivity index (χ2v) is 4.53. The highest BCUT2D eigenvalue weighted by molar-refractivity contribution is 5.51. The number of nitrogens with one attached hydrogen (secondary N) is 1. The fourth-order valence-corrected chi connectivity index (χ4v) is 2.45. The number of rotatable bonds is 2. The zero-order chi connectivity index (χ0) is 12.5. The van der Waals surface area contributed by atoms with E-state index in [4.69, 9.17) is 0 Å². The summed E-state index contributed by atoms with van der Waals surface area (Å²) >= 11 is 0. The maximum Gasteiger partial charge on any atom is 0.348 e. The summed E-state index contributed by atoms with van der Waals surface area (Å²) in [5, 5.41) is 15.7. The van der Waals surface area contributed by atoms with E-state index in [1.54, 1.807) is 6.07 Å². The van der Waals surface area contributed by atoms with Gasteiger partial charge < -0.3 is 10.0 Å². The van der Waals surface area contributed by atoms with Crippen molar-refractivity contribution in [2.45, 2.75) is 25.3 Å². The van der Waals surface area contributed by atoms with E-state index in [0.717, 1.165) is 31.6 Å². The molecule has 1 atom stereocenters. The summed E-state index contributed by atoms with van der Waals surface area (Å²) in [4.78, 5) is 17.7. The molecule has 96 valence electrons. The highest BCUT2D eigenvalue weighted by Crippen LogP contribution is 2.22. The molecule has 2 N–H and O–H groups in total. The molecule has 0 saturated carbocycles. The van der Waals surface area contributed by atoms with E-state index in [1.165, 1.54) is 10.7 Å². The number of fused-ring (bicyclic) bond motifs is 1. The first-order valence-corrected chi connectivity index (χ1v) is 6.10. The van der Waals surface area contributed by atoms with Crippen LogP contribution >= 0.6 is 0 Å². The van der Waals surface area contributed by atoms with E-state index >= 15 is 0 Å². The minimum absolute atomic E-state index is 0.111. The number of nitrogens with zero attached hydrogens (tertiary/aromatic N) is 4. The van der Waals surface area contributed by atoms with Crippen molar-refractivity contribution < 1.29 is 5.11 Å². The van der Waals surface area contributed by atoms with Crippen LogP contribution in [0.15, 0.2) is 17.2 Å². The molecule has 0 spiro atoms. The van der Waals surface area contributed by atoms with Crippen LogP contribution in [0.1, 0.15) is 19.3 Å². The molecule has 18 heavy (non-hydrogen) atoms. The van der Waals surface area contributed by atoms with Gasteiger partial charge in [-0.3, -0.25) is 0 Å². The topological polar surface area (TPSA) is 86.5 Å². The van der Waals surface area contributed by atoms with Crippen molar-refractivity contribution >= 4 is 11.5 Å². The van der Waals surface area contributed by atoms with Crippen LogP contribution < -0.4 is 10.6 Å². The predicted molar refractivity (Wildman–Crippen MR) is 65.7 cm³/mol. The summed E-state index contributed by atoms with van der Waals surface area (Å²) in [6.07, 6.45) is 4.67. The first kappa shape index (κ1) is 11.2. The fourth-order valence-electron chi connectivity index (χ4n) is 2.45. The van der Waals surface area contributed by atoms with E-state index in [1.807, 2.05) is 0 Å². The summed E-state index contributed by atoms with van der Waals surface area (Å²) in [6.45, 7) is 1.00. The van der Waals surface area contributed by atoms with E-state index in [-0.39, 0.29) is 18.3 Å². The number of hydrogen-bond acceptors (Lipinski definition) is 5. The quantitative estimate of drug-likeness (QED) is 0.767. The molecule has 3 heterocycles. The molecule has 3 rings (SSSR count). The van der Waals surface area contributed by atoms with Crippen LogP contribution in [0, 0.1) is 0 Å². The summed E-state index contributed by atoms with van der Waals surface area (Å²) in [5.74, 6) is 0.764. The zero-order valence-corrected chi connectivity index (χ0v) is 9.91. The summed E-state index contributed by atoms with van der Waals surface area (Å²) in [7, 11) is 0. The van der Waals surface area contributed by atoms with Crippen LogP contribution in [0.5, 0.6) is 0 Å². The lowest BCUT2D eigenvalue weighted by molar-refractivity contribution is 0.239. The van der Waals surface area contributed by atoms with Gasteiger partial charge in [-0.15, -0.1) is 0 Å². The molecule has 0 radical (unpaired) electrons. The lowest BCUT2D eigenvalue weighted by Crippen LogP contribution is -2.42. The SMILES string of the molecule is O=c1[nH]nc2cc(N3CCCCC3CO)ncn12. The van der Waals surface area contributed by atoms with Gasteiger partial charge in [-0.1, -0.05) is 0 Å². The Hall–Kier alpha value is -1.89. The molecule has 1 unspecified atom stereocenters. The van der Waals surface area contributed by atoms with Crippen molar-refractivity contribution in [3.8, 4) is 0 Å². The molecule has 2 aromatic rings. The molecule has 0 aliphatic carbocycles. The number of piperidine rings is 1. The van der Waals surface area contributed by atoms with Crippen LogP contribution in [0.25, 0.3) is 5.65 Å². The number of aliphatic hydroxyl groups excluding tert-OH is 1. The number of aromatic amines is 1. The Labute approximate surface area is 103 Å². The molecule has 7 heteroatoms. The van der Waals surface area contributed by atoms with Crippen LogP contribution in [0.2, 0.25) is 0 Å². The Balaban J connectivity index is 1.99. The smallest absolute Gasteiger partial charge is 0.348 e. The van der Waals surface area contributed by atoms with Gasteiger partial charge in [0.1, 0.15) is 12.1 Å². The maximum atomic E-state index is 11.3. The third-order valence-electron chi connectivity index (χ3n) is 3.43. The average Bonchev–Trinajstić information content (AvgIpc) is 2.80. The Morgan fingerprint density at radius 1 is 1.50 bits per heavy atom. The van der Waals surface area contributed by atoms with Crippen LogP contribution in [0.4, 0.5) is 5.82 Å². The molecule has 1 fully saturated rings. The Morgan fingerprint density at radius 2 is 2.39 bits per heavy atom. The van der Waals surface area contributed by atoms with Crippen molar-refractivity contribution in [2.75, 3.05) is 18.1 Å². The van der Waals surface area contributed by atoms with Crippen LogP contribution in [-0.2, 0) is 0 Å². The molecule has 1 saturated heterocycles. The summed E-state index contributed by atoms with van der Waals surface area (Å²) in [6, 6.07) is 1.88. The molecular weight excluding hydrogens is 234 g/mol. The third-order valence-corrected chi connectivity index (χ3v) is 3.43. The van der Waals surface area contributed by atoms with Gasteiger partial charge in [0, 0.05) is 12.6 Å². The highest BCUT2D eigenvalue weighted by Gasteiger charge is 2.23. The predicted octanol–water partition coefficient (Wildman–Crippen LogP) is -0.231. The van der Waals surface area contributed by atoms with Crippen molar-refractivity contribution in [3.05, 3.63) is 22.9 Å². The lowest BCUT2D eigenvalue weighted by Gasteiger charge is -2.35. The van der Waals surface area contributed by atoms with Gasteiger partial charge in [0.15, 0.2) is 5.65 Å². The van der Waals surface area contributed by atoms with Crippen LogP contribution in [0.3, 0.4) is 0 Å². The van der Waals surface area contributed by atoms with E-state index < -0.39 is 0 Å². The largest absolute Gasteiger partial charge is 0.394 e. The van der Waals surface area contributed by atoms with Crippen molar-refractivity contribution in [1.29, 1.82) is 0 Å². The van der Waals surface area contributed by atoms with Gasteiger partial charge in [0.25, 0.3) is 0 Å². The summed E-state index contributed by atoms with van der Waals surface area (Å²) < 4.78 is 1.36. The van der Waals surface area contributed by atoms with Gasteiger partial charge in [0.2, 0.25) is 0 Å². The van der Waals surface area contributed by atoms with Crippen molar-refractivity contribution in [2.24, 2.45) is 0 Å². The molecular formula is C11H15N5O2. The number of anilines is 1. The van der Waals surface area contributed by atoms with E-state index in [2.05, 4.69) is 20.1 Å². The first-order chi connectivity index (χ1) is 8.79. The van der Waals surface area contributed by atoms with Gasteiger partial charge in [-0.05, 0) is 19.3 Å². The third kappa shape index (κ3) is 1.76. The molecule has 0 bridgehead atoms. The number of aliphatic hydroxyl groups is 1. The van der Waals surface area contributed by atoms with E-state index in [9.17, 15) is 9.90 Å². The minimum Gasteiger partial charge on any atom is -0.394 e. The highest BCUT2D eigenvalue weighted by atomic mass is 16.3. The number of hydrogen-bond donors (Lipinski definition) is 2. The van der Waals surface area contributed by atoms with Crippen molar-refractivity contribution in [3.63, 3.8) is 0 Å². The summed E-state index contributed by atoms with van der Waals surface area (Å²) in [5.41, 5.74) is 0.258.